The highest BCUT2D eigenvalue weighted by atomic mass is 16.1. The van der Waals surface area contributed by atoms with Gasteiger partial charge in [0.2, 0.25) is 0 Å². The molecule has 4 rings (SSSR count). The van der Waals surface area contributed by atoms with Gasteiger partial charge in [-0.05, 0) is 42.5 Å². The van der Waals surface area contributed by atoms with E-state index in [1.165, 1.54) is 0 Å². The van der Waals surface area contributed by atoms with E-state index in [0.29, 0.717) is 11.3 Å². The lowest BCUT2D eigenvalue weighted by Crippen LogP contribution is -2.12. The maximum absolute atomic E-state index is 12.3. The number of anilines is 1. The molecule has 0 fully saturated rings. The van der Waals surface area contributed by atoms with E-state index in [-0.39, 0.29) is 5.91 Å². The molecule has 0 aliphatic rings. The molecule has 3 heterocycles. The summed E-state index contributed by atoms with van der Waals surface area (Å²) in [5.41, 5.74) is 2.96. The Morgan fingerprint density at radius 3 is 2.74 bits per heavy atom. The molecule has 1 amide bonds. The van der Waals surface area contributed by atoms with Crippen LogP contribution in [0.5, 0.6) is 0 Å². The van der Waals surface area contributed by atoms with E-state index in [4.69, 9.17) is 0 Å². The first kappa shape index (κ1) is 13.3. The van der Waals surface area contributed by atoms with Crippen LogP contribution in [-0.2, 0) is 0 Å². The number of hydrogen-bond acceptors (Lipinski definition) is 3. The number of pyridine rings is 1. The molecular formula is C17H13N5O. The van der Waals surface area contributed by atoms with Crippen molar-refractivity contribution in [2.24, 2.45) is 0 Å². The summed E-state index contributed by atoms with van der Waals surface area (Å²) in [6.45, 7) is 0. The topological polar surface area (TPSA) is 75.6 Å². The first-order valence-electron chi connectivity index (χ1n) is 7.13. The molecule has 23 heavy (non-hydrogen) atoms. The fourth-order valence-corrected chi connectivity index (χ4v) is 2.38. The van der Waals surface area contributed by atoms with E-state index in [9.17, 15) is 4.79 Å². The standard InChI is InChI=1S/C17H13N5O/c23-17(21-13-4-5-14-15(9-13)20-11-19-14)12-3-6-16(18-10-12)22-7-1-2-8-22/h1-11H,(H,19,20)(H,21,23). The van der Waals surface area contributed by atoms with E-state index >= 15 is 0 Å². The normalized spacial score (nSPS) is 10.8. The minimum atomic E-state index is -0.199. The molecular weight excluding hydrogens is 290 g/mol. The second-order valence-corrected chi connectivity index (χ2v) is 5.08. The average Bonchev–Trinajstić information content (AvgIpc) is 3.26. The molecule has 0 saturated carbocycles. The molecule has 0 atom stereocenters. The van der Waals surface area contributed by atoms with Crippen LogP contribution in [0.1, 0.15) is 10.4 Å². The molecule has 0 bridgehead atoms. The molecule has 0 unspecified atom stereocenters. The monoisotopic (exact) mass is 303 g/mol. The molecule has 1 aromatic carbocycles. The predicted molar refractivity (Wildman–Crippen MR) is 87.6 cm³/mol. The number of carbonyl (C=O) groups excluding carboxylic acids is 1. The Kier molecular flexibility index (Phi) is 3.12. The van der Waals surface area contributed by atoms with E-state index in [0.717, 1.165) is 16.9 Å². The second kappa shape index (κ2) is 5.42. The number of fused-ring (bicyclic) bond motifs is 1. The van der Waals surface area contributed by atoms with Crippen molar-refractivity contribution in [1.29, 1.82) is 0 Å². The highest BCUT2D eigenvalue weighted by Gasteiger charge is 2.08. The van der Waals surface area contributed by atoms with Gasteiger partial charge in [0.1, 0.15) is 5.82 Å². The zero-order valence-electron chi connectivity index (χ0n) is 12.1. The summed E-state index contributed by atoms with van der Waals surface area (Å²) in [6, 6.07) is 12.9. The van der Waals surface area contributed by atoms with Crippen molar-refractivity contribution in [1.82, 2.24) is 19.5 Å². The smallest absolute Gasteiger partial charge is 0.257 e. The van der Waals surface area contributed by atoms with Crippen molar-refractivity contribution in [3.8, 4) is 5.82 Å². The lowest BCUT2D eigenvalue weighted by Gasteiger charge is -2.06. The summed E-state index contributed by atoms with van der Waals surface area (Å²) in [7, 11) is 0. The van der Waals surface area contributed by atoms with Crippen LogP contribution in [0.4, 0.5) is 5.69 Å². The maximum Gasteiger partial charge on any atom is 0.257 e. The summed E-state index contributed by atoms with van der Waals surface area (Å²) in [5.74, 6) is 0.570. The number of aromatic amines is 1. The third-order valence-electron chi connectivity index (χ3n) is 3.56. The van der Waals surface area contributed by atoms with Crippen molar-refractivity contribution >= 4 is 22.6 Å². The zero-order valence-corrected chi connectivity index (χ0v) is 12.1. The van der Waals surface area contributed by atoms with Gasteiger partial charge >= 0.3 is 0 Å². The molecule has 0 saturated heterocycles. The number of carbonyl (C=O) groups is 1. The van der Waals surface area contributed by atoms with E-state index < -0.39 is 0 Å². The van der Waals surface area contributed by atoms with Crippen molar-refractivity contribution in [3.63, 3.8) is 0 Å². The molecule has 6 nitrogen and oxygen atoms in total. The Balaban J connectivity index is 1.54. The van der Waals surface area contributed by atoms with Gasteiger partial charge in [0.25, 0.3) is 5.91 Å². The Labute approximate surface area is 131 Å². The van der Waals surface area contributed by atoms with Gasteiger partial charge in [-0.15, -0.1) is 0 Å². The van der Waals surface area contributed by atoms with Crippen LogP contribution in [0, 0.1) is 0 Å². The molecule has 6 heteroatoms. The van der Waals surface area contributed by atoms with Crippen LogP contribution in [-0.4, -0.2) is 25.4 Å². The lowest BCUT2D eigenvalue weighted by atomic mass is 10.2. The largest absolute Gasteiger partial charge is 0.345 e. The molecule has 0 aliphatic carbocycles. The van der Waals surface area contributed by atoms with Gasteiger partial charge in [0, 0.05) is 24.3 Å². The fraction of sp³-hybridized carbons (Fsp3) is 0. The van der Waals surface area contributed by atoms with Gasteiger partial charge in [-0.3, -0.25) is 4.79 Å². The highest BCUT2D eigenvalue weighted by Crippen LogP contribution is 2.16. The van der Waals surface area contributed by atoms with E-state index in [1.807, 2.05) is 53.4 Å². The number of nitrogens with one attached hydrogen (secondary N) is 2. The Morgan fingerprint density at radius 2 is 1.96 bits per heavy atom. The minimum Gasteiger partial charge on any atom is -0.345 e. The Bertz CT molecular complexity index is 954. The average molecular weight is 303 g/mol. The number of amides is 1. The maximum atomic E-state index is 12.3. The van der Waals surface area contributed by atoms with Crippen molar-refractivity contribution in [3.05, 3.63) is 72.9 Å². The highest BCUT2D eigenvalue weighted by molar-refractivity contribution is 6.04. The van der Waals surface area contributed by atoms with Crippen LogP contribution < -0.4 is 5.32 Å². The minimum absolute atomic E-state index is 0.199. The number of hydrogen-bond donors (Lipinski definition) is 2. The van der Waals surface area contributed by atoms with Gasteiger partial charge in [0.05, 0.1) is 22.9 Å². The van der Waals surface area contributed by atoms with Gasteiger partial charge < -0.3 is 14.9 Å². The summed E-state index contributed by atoms with van der Waals surface area (Å²) in [4.78, 5) is 23.8. The number of benzene rings is 1. The van der Waals surface area contributed by atoms with Crippen molar-refractivity contribution < 1.29 is 4.79 Å². The summed E-state index contributed by atoms with van der Waals surface area (Å²) in [6.07, 6.45) is 7.00. The lowest BCUT2D eigenvalue weighted by molar-refractivity contribution is 0.102. The van der Waals surface area contributed by atoms with Gasteiger partial charge in [-0.25, -0.2) is 9.97 Å². The molecule has 0 radical (unpaired) electrons. The van der Waals surface area contributed by atoms with E-state index in [1.54, 1.807) is 18.6 Å². The first-order chi connectivity index (χ1) is 11.3. The van der Waals surface area contributed by atoms with E-state index in [2.05, 4.69) is 20.3 Å². The third kappa shape index (κ3) is 2.57. The van der Waals surface area contributed by atoms with Gasteiger partial charge in [-0.2, -0.15) is 0 Å². The Morgan fingerprint density at radius 1 is 1.09 bits per heavy atom. The summed E-state index contributed by atoms with van der Waals surface area (Å²) in [5, 5.41) is 2.86. The SMILES string of the molecule is O=C(Nc1ccc2nc[nH]c2c1)c1ccc(-n2cccc2)nc1. The van der Waals surface area contributed by atoms with Crippen LogP contribution >= 0.6 is 0 Å². The zero-order chi connectivity index (χ0) is 15.6. The van der Waals surface area contributed by atoms with Crippen molar-refractivity contribution in [2.45, 2.75) is 0 Å². The molecule has 0 aliphatic heterocycles. The quantitative estimate of drug-likeness (QED) is 0.611. The Hall–Kier alpha value is -3.41. The van der Waals surface area contributed by atoms with Gasteiger partial charge in [-0.1, -0.05) is 0 Å². The molecule has 112 valence electrons. The molecule has 4 aromatic rings. The summed E-state index contributed by atoms with van der Waals surface area (Å²) >= 11 is 0. The second-order valence-electron chi connectivity index (χ2n) is 5.08. The number of imidazole rings is 1. The number of rotatable bonds is 3. The third-order valence-corrected chi connectivity index (χ3v) is 3.56. The van der Waals surface area contributed by atoms with Crippen LogP contribution in [0.3, 0.4) is 0 Å². The van der Waals surface area contributed by atoms with Crippen LogP contribution in [0.25, 0.3) is 16.9 Å². The van der Waals surface area contributed by atoms with Crippen molar-refractivity contribution in [2.75, 3.05) is 5.32 Å². The fourth-order valence-electron chi connectivity index (χ4n) is 2.38. The molecule has 3 aromatic heterocycles. The predicted octanol–water partition coefficient (Wildman–Crippen LogP) is 3.00. The summed E-state index contributed by atoms with van der Waals surface area (Å²) < 4.78 is 1.88. The molecule has 0 spiro atoms. The van der Waals surface area contributed by atoms with Crippen LogP contribution in [0.15, 0.2) is 67.4 Å². The van der Waals surface area contributed by atoms with Gasteiger partial charge in [0.15, 0.2) is 0 Å². The molecule has 2 N–H and O–H groups in total. The number of aromatic nitrogens is 4. The number of nitrogens with zero attached hydrogens (tertiary/aromatic N) is 3. The first-order valence-corrected chi connectivity index (χ1v) is 7.13. The van der Waals surface area contributed by atoms with Crippen LogP contribution in [0.2, 0.25) is 0 Å². The number of H-pyrrole nitrogens is 1.